The fraction of sp³-hybridized carbons (Fsp3) is 0.652. The van der Waals surface area contributed by atoms with Crippen LogP contribution in [0.4, 0.5) is 0 Å². The van der Waals surface area contributed by atoms with E-state index in [4.69, 9.17) is 4.42 Å². The number of fused-ring (bicyclic) bond motifs is 1. The van der Waals surface area contributed by atoms with E-state index in [0.717, 1.165) is 51.4 Å². The highest BCUT2D eigenvalue weighted by Gasteiger charge is 2.52. The summed E-state index contributed by atoms with van der Waals surface area (Å²) in [6.07, 6.45) is 9.42. The number of carbonyl (C=O) groups excluding carboxylic acids is 2. The molecule has 1 aromatic rings. The molecule has 3 heterocycles. The van der Waals surface area contributed by atoms with E-state index in [-0.39, 0.29) is 29.6 Å². The molecule has 2 saturated carbocycles. The maximum absolute atomic E-state index is 13.5. The summed E-state index contributed by atoms with van der Waals surface area (Å²) in [7, 11) is 0. The molecule has 2 aliphatic carbocycles. The summed E-state index contributed by atoms with van der Waals surface area (Å²) in [5, 5.41) is 12.2. The molecular weight excluding hydrogens is 412 g/mol. The molecule has 32 heavy (non-hydrogen) atoms. The predicted octanol–water partition coefficient (Wildman–Crippen LogP) is 2.87. The molecule has 2 unspecified atom stereocenters. The summed E-state index contributed by atoms with van der Waals surface area (Å²) in [6, 6.07) is 3.52. The van der Waals surface area contributed by atoms with Crippen LogP contribution in [-0.4, -0.2) is 69.7 Å². The summed E-state index contributed by atoms with van der Waals surface area (Å²) in [5.74, 6) is -0.249. The fourth-order valence-corrected chi connectivity index (χ4v) is 6.20. The number of nitro groups is 1. The van der Waals surface area contributed by atoms with Crippen LogP contribution >= 0.6 is 0 Å². The Hall–Kier alpha value is -2.84. The van der Waals surface area contributed by atoms with E-state index in [1.165, 1.54) is 6.26 Å². The second-order valence-corrected chi connectivity index (χ2v) is 9.36. The first-order valence-corrected chi connectivity index (χ1v) is 11.8. The molecule has 1 saturated heterocycles. The molecule has 0 spiro atoms. The third-order valence-corrected chi connectivity index (χ3v) is 7.66. The average molecular weight is 443 g/mol. The summed E-state index contributed by atoms with van der Waals surface area (Å²) in [4.78, 5) is 43.5. The first-order valence-electron chi connectivity index (χ1n) is 11.8. The number of carbonyl (C=O) groups is 2. The van der Waals surface area contributed by atoms with E-state index in [1.54, 1.807) is 17.0 Å². The van der Waals surface area contributed by atoms with E-state index in [1.807, 2.05) is 9.80 Å². The SMILES string of the molecule is O=C(c1ccco1)N1CCN(C2=C([N+](=O)[O-])C(=O)N(C3CCCC3)C3CCCCC23)CC1. The molecule has 0 aromatic carbocycles. The lowest BCUT2D eigenvalue weighted by molar-refractivity contribution is -0.424. The van der Waals surface area contributed by atoms with Crippen molar-refractivity contribution in [1.29, 1.82) is 0 Å². The lowest BCUT2D eigenvalue weighted by Crippen LogP contribution is -2.59. The highest BCUT2D eigenvalue weighted by molar-refractivity contribution is 5.93. The third kappa shape index (κ3) is 3.57. The molecule has 1 aromatic heterocycles. The van der Waals surface area contributed by atoms with Crippen LogP contribution in [0.1, 0.15) is 61.9 Å². The number of hydrogen-bond donors (Lipinski definition) is 0. The maximum Gasteiger partial charge on any atom is 0.352 e. The number of hydrogen-bond acceptors (Lipinski definition) is 6. The molecule has 172 valence electrons. The van der Waals surface area contributed by atoms with Crippen LogP contribution in [0.3, 0.4) is 0 Å². The van der Waals surface area contributed by atoms with Crippen molar-refractivity contribution in [3.05, 3.63) is 45.7 Å². The van der Waals surface area contributed by atoms with Gasteiger partial charge < -0.3 is 19.1 Å². The van der Waals surface area contributed by atoms with Crippen molar-refractivity contribution < 1.29 is 18.9 Å². The lowest BCUT2D eigenvalue weighted by atomic mass is 9.77. The van der Waals surface area contributed by atoms with E-state index in [0.29, 0.717) is 37.6 Å². The number of rotatable bonds is 4. The van der Waals surface area contributed by atoms with E-state index >= 15 is 0 Å². The number of amides is 2. The molecule has 2 amide bonds. The quantitative estimate of drug-likeness (QED) is 0.525. The van der Waals surface area contributed by atoms with Gasteiger partial charge in [-0.2, -0.15) is 0 Å². The fourth-order valence-electron chi connectivity index (χ4n) is 6.20. The van der Waals surface area contributed by atoms with Crippen molar-refractivity contribution in [3.8, 4) is 0 Å². The van der Waals surface area contributed by atoms with Gasteiger partial charge in [0.05, 0.1) is 11.2 Å². The Balaban J connectivity index is 1.42. The number of nitrogens with zero attached hydrogens (tertiary/aromatic N) is 4. The highest BCUT2D eigenvalue weighted by atomic mass is 16.6. The molecule has 0 bridgehead atoms. The van der Waals surface area contributed by atoms with Crippen molar-refractivity contribution in [2.45, 2.75) is 63.5 Å². The first-order chi connectivity index (χ1) is 15.6. The van der Waals surface area contributed by atoms with E-state index in [2.05, 4.69) is 0 Å². The Bertz CT molecular complexity index is 913. The normalized spacial score (nSPS) is 27.1. The standard InChI is InChI=1S/C23H30N4O5/c28-22(19-10-5-15-32-19)25-13-11-24(12-14-25)20-17-8-3-4-9-18(17)26(16-6-1-2-7-16)23(29)21(20)27(30)31/h5,10,15-18H,1-4,6-9,11-14H2. The largest absolute Gasteiger partial charge is 0.459 e. The molecule has 9 heteroatoms. The summed E-state index contributed by atoms with van der Waals surface area (Å²) >= 11 is 0. The minimum atomic E-state index is -0.454. The Morgan fingerprint density at radius 2 is 1.72 bits per heavy atom. The first kappa shape index (κ1) is 21.0. The number of piperazine rings is 1. The van der Waals surface area contributed by atoms with Gasteiger partial charge in [0.2, 0.25) is 0 Å². The zero-order chi connectivity index (χ0) is 22.2. The van der Waals surface area contributed by atoms with Crippen molar-refractivity contribution in [1.82, 2.24) is 14.7 Å². The molecule has 9 nitrogen and oxygen atoms in total. The van der Waals surface area contributed by atoms with Gasteiger partial charge in [0.1, 0.15) is 5.70 Å². The van der Waals surface area contributed by atoms with Crippen LogP contribution in [0.2, 0.25) is 0 Å². The van der Waals surface area contributed by atoms with Gasteiger partial charge in [-0.05, 0) is 37.8 Å². The Kier molecular flexibility index (Phi) is 5.65. The van der Waals surface area contributed by atoms with Crippen LogP contribution in [0.15, 0.2) is 34.2 Å². The maximum atomic E-state index is 13.5. The van der Waals surface area contributed by atoms with Gasteiger partial charge >= 0.3 is 11.6 Å². The minimum Gasteiger partial charge on any atom is -0.459 e. The van der Waals surface area contributed by atoms with Crippen LogP contribution in [0, 0.1) is 16.0 Å². The number of furan rings is 1. The molecule has 3 fully saturated rings. The zero-order valence-corrected chi connectivity index (χ0v) is 18.3. The smallest absolute Gasteiger partial charge is 0.352 e. The Morgan fingerprint density at radius 1 is 1.03 bits per heavy atom. The molecule has 2 atom stereocenters. The molecule has 0 radical (unpaired) electrons. The topological polar surface area (TPSA) is 100 Å². The summed E-state index contributed by atoms with van der Waals surface area (Å²) in [5.41, 5.74) is 0.384. The highest BCUT2D eigenvalue weighted by Crippen LogP contribution is 2.44. The van der Waals surface area contributed by atoms with Crippen molar-refractivity contribution in [3.63, 3.8) is 0 Å². The minimum absolute atomic E-state index is 0.00905. The van der Waals surface area contributed by atoms with Crippen molar-refractivity contribution >= 4 is 11.8 Å². The van der Waals surface area contributed by atoms with Crippen LogP contribution in [0.5, 0.6) is 0 Å². The zero-order valence-electron chi connectivity index (χ0n) is 18.3. The Labute approximate surface area is 187 Å². The van der Waals surface area contributed by atoms with Gasteiger partial charge in [0.25, 0.3) is 5.91 Å². The van der Waals surface area contributed by atoms with Gasteiger partial charge in [-0.15, -0.1) is 0 Å². The second-order valence-electron chi connectivity index (χ2n) is 9.36. The average Bonchev–Trinajstić information content (AvgIpc) is 3.52. The molecule has 0 N–H and O–H groups in total. The molecular formula is C23H30N4O5. The van der Waals surface area contributed by atoms with Crippen molar-refractivity contribution in [2.75, 3.05) is 26.2 Å². The van der Waals surface area contributed by atoms with Crippen LogP contribution in [-0.2, 0) is 4.79 Å². The van der Waals surface area contributed by atoms with E-state index < -0.39 is 10.8 Å². The van der Waals surface area contributed by atoms with Crippen LogP contribution < -0.4 is 0 Å². The lowest BCUT2D eigenvalue weighted by Gasteiger charge is -2.49. The molecule has 5 rings (SSSR count). The molecule has 4 aliphatic rings. The van der Waals surface area contributed by atoms with Crippen molar-refractivity contribution in [2.24, 2.45) is 5.92 Å². The van der Waals surface area contributed by atoms with Gasteiger partial charge in [0, 0.05) is 44.2 Å². The van der Waals surface area contributed by atoms with Gasteiger partial charge in [-0.25, -0.2) is 0 Å². The summed E-state index contributed by atoms with van der Waals surface area (Å²) in [6.45, 7) is 1.87. The van der Waals surface area contributed by atoms with E-state index in [9.17, 15) is 19.7 Å². The Morgan fingerprint density at radius 3 is 2.38 bits per heavy atom. The second kappa shape index (κ2) is 8.60. The predicted molar refractivity (Wildman–Crippen MR) is 115 cm³/mol. The summed E-state index contributed by atoms with van der Waals surface area (Å²) < 4.78 is 5.23. The van der Waals surface area contributed by atoms with Gasteiger partial charge in [0.15, 0.2) is 5.76 Å². The molecule has 2 aliphatic heterocycles. The monoisotopic (exact) mass is 442 g/mol. The van der Waals surface area contributed by atoms with Gasteiger partial charge in [-0.3, -0.25) is 19.7 Å². The van der Waals surface area contributed by atoms with Gasteiger partial charge in [-0.1, -0.05) is 25.7 Å². The third-order valence-electron chi connectivity index (χ3n) is 7.66. The van der Waals surface area contributed by atoms with Crippen LogP contribution in [0.25, 0.3) is 0 Å².